The highest BCUT2D eigenvalue weighted by Gasteiger charge is 2.55. The predicted molar refractivity (Wildman–Crippen MR) is 71.2 cm³/mol. The van der Waals surface area contributed by atoms with Crippen LogP contribution in [0.2, 0.25) is 0 Å². The van der Waals surface area contributed by atoms with Gasteiger partial charge in [0.1, 0.15) is 0 Å². The normalized spacial score (nSPS) is 35.8. The van der Waals surface area contributed by atoms with Crippen molar-refractivity contribution in [1.29, 1.82) is 0 Å². The first-order chi connectivity index (χ1) is 8.09. The van der Waals surface area contributed by atoms with E-state index < -0.39 is 0 Å². The highest BCUT2D eigenvalue weighted by Crippen LogP contribution is 2.45. The maximum Gasteiger partial charge on any atom is 0.0237 e. The van der Waals surface area contributed by atoms with E-state index in [0.29, 0.717) is 5.41 Å². The molecular formula is C14H27N3. The van der Waals surface area contributed by atoms with Gasteiger partial charge in [0, 0.05) is 37.6 Å². The lowest BCUT2D eigenvalue weighted by molar-refractivity contribution is -0.156. The standard InChI is InChI=1S/C14H27N3/c1-12-14(9-16(3)10-14)11-17(12)8-13-4-6-15(2)7-5-13/h12-13H,4-11H2,1-3H3/t12-/m1/s1. The molecular weight excluding hydrogens is 210 g/mol. The van der Waals surface area contributed by atoms with Crippen LogP contribution in [0.4, 0.5) is 0 Å². The molecule has 1 spiro atoms. The van der Waals surface area contributed by atoms with Crippen LogP contribution < -0.4 is 0 Å². The summed E-state index contributed by atoms with van der Waals surface area (Å²) < 4.78 is 0. The Kier molecular flexibility index (Phi) is 2.96. The average Bonchev–Trinajstić information content (AvgIpc) is 2.28. The lowest BCUT2D eigenvalue weighted by atomic mass is 9.66. The molecule has 0 aromatic carbocycles. The summed E-state index contributed by atoms with van der Waals surface area (Å²) in [6.45, 7) is 10.5. The van der Waals surface area contributed by atoms with Crippen LogP contribution in [0.25, 0.3) is 0 Å². The SMILES string of the molecule is C[C@H]1N(CC2CCN(C)CC2)CC12CN(C)C2. The second-order valence-electron chi connectivity index (χ2n) is 6.89. The fourth-order valence-corrected chi connectivity index (χ4v) is 4.14. The van der Waals surface area contributed by atoms with Crippen LogP contribution in [0.1, 0.15) is 19.8 Å². The van der Waals surface area contributed by atoms with Gasteiger partial charge in [-0.1, -0.05) is 0 Å². The van der Waals surface area contributed by atoms with Crippen LogP contribution in [0.15, 0.2) is 0 Å². The largest absolute Gasteiger partial charge is 0.306 e. The minimum atomic E-state index is 0.681. The monoisotopic (exact) mass is 237 g/mol. The molecule has 0 bridgehead atoms. The quantitative estimate of drug-likeness (QED) is 0.708. The third kappa shape index (κ3) is 2.02. The first kappa shape index (κ1) is 11.9. The zero-order valence-corrected chi connectivity index (χ0v) is 11.7. The van der Waals surface area contributed by atoms with E-state index in [2.05, 4.69) is 35.7 Å². The Balaban J connectivity index is 1.45. The topological polar surface area (TPSA) is 9.72 Å². The van der Waals surface area contributed by atoms with Gasteiger partial charge < -0.3 is 9.80 Å². The highest BCUT2D eigenvalue weighted by molar-refractivity contribution is 5.10. The van der Waals surface area contributed by atoms with Crippen molar-refractivity contribution in [3.05, 3.63) is 0 Å². The predicted octanol–water partition coefficient (Wildman–Crippen LogP) is 0.964. The van der Waals surface area contributed by atoms with Crippen molar-refractivity contribution in [3.63, 3.8) is 0 Å². The number of likely N-dealkylation sites (tertiary alicyclic amines) is 3. The van der Waals surface area contributed by atoms with E-state index in [9.17, 15) is 0 Å². The Morgan fingerprint density at radius 2 is 1.65 bits per heavy atom. The van der Waals surface area contributed by atoms with Crippen molar-refractivity contribution in [1.82, 2.24) is 14.7 Å². The van der Waals surface area contributed by atoms with Crippen LogP contribution in [0, 0.1) is 11.3 Å². The van der Waals surface area contributed by atoms with Gasteiger partial charge in [-0.3, -0.25) is 4.90 Å². The number of hydrogen-bond acceptors (Lipinski definition) is 3. The molecule has 3 saturated heterocycles. The Labute approximate surface area is 106 Å². The summed E-state index contributed by atoms with van der Waals surface area (Å²) in [4.78, 5) is 7.67. The molecule has 98 valence electrons. The molecule has 0 radical (unpaired) electrons. The molecule has 17 heavy (non-hydrogen) atoms. The van der Waals surface area contributed by atoms with Gasteiger partial charge in [-0.2, -0.15) is 0 Å². The lowest BCUT2D eigenvalue weighted by Gasteiger charge is -2.65. The second kappa shape index (κ2) is 4.22. The number of nitrogens with zero attached hydrogens (tertiary/aromatic N) is 3. The lowest BCUT2D eigenvalue weighted by Crippen LogP contribution is -2.76. The van der Waals surface area contributed by atoms with Gasteiger partial charge >= 0.3 is 0 Å². The Morgan fingerprint density at radius 1 is 1.00 bits per heavy atom. The van der Waals surface area contributed by atoms with Crippen molar-refractivity contribution in [3.8, 4) is 0 Å². The van der Waals surface area contributed by atoms with Gasteiger partial charge in [-0.25, -0.2) is 0 Å². The van der Waals surface area contributed by atoms with Crippen molar-refractivity contribution in [2.24, 2.45) is 11.3 Å². The molecule has 0 amide bonds. The first-order valence-corrected chi connectivity index (χ1v) is 7.20. The zero-order chi connectivity index (χ0) is 12.0. The van der Waals surface area contributed by atoms with Gasteiger partial charge in [0.25, 0.3) is 0 Å². The molecule has 3 nitrogen and oxygen atoms in total. The van der Waals surface area contributed by atoms with Gasteiger partial charge in [0.15, 0.2) is 0 Å². The molecule has 0 saturated carbocycles. The van der Waals surface area contributed by atoms with E-state index in [1.165, 1.54) is 52.1 Å². The summed E-state index contributed by atoms with van der Waals surface area (Å²) >= 11 is 0. The zero-order valence-electron chi connectivity index (χ0n) is 11.7. The Bertz CT molecular complexity index is 277. The first-order valence-electron chi connectivity index (χ1n) is 7.20. The Hall–Kier alpha value is -0.120. The molecule has 3 heteroatoms. The highest BCUT2D eigenvalue weighted by atomic mass is 15.3. The van der Waals surface area contributed by atoms with Gasteiger partial charge in [0.05, 0.1) is 0 Å². The average molecular weight is 237 g/mol. The number of hydrogen-bond donors (Lipinski definition) is 0. The van der Waals surface area contributed by atoms with Gasteiger partial charge in [-0.15, -0.1) is 0 Å². The van der Waals surface area contributed by atoms with E-state index >= 15 is 0 Å². The molecule has 1 atom stereocenters. The van der Waals surface area contributed by atoms with E-state index in [4.69, 9.17) is 0 Å². The number of rotatable bonds is 2. The van der Waals surface area contributed by atoms with Gasteiger partial charge in [-0.05, 0) is 52.9 Å². The summed E-state index contributed by atoms with van der Waals surface area (Å²) in [6, 6.07) is 0.832. The molecule has 0 aromatic heterocycles. The third-order valence-electron chi connectivity index (χ3n) is 5.45. The summed E-state index contributed by atoms with van der Waals surface area (Å²) in [6.07, 6.45) is 2.82. The summed E-state index contributed by atoms with van der Waals surface area (Å²) in [5.74, 6) is 0.962. The van der Waals surface area contributed by atoms with Gasteiger partial charge in [0.2, 0.25) is 0 Å². The summed E-state index contributed by atoms with van der Waals surface area (Å²) in [7, 11) is 4.50. The van der Waals surface area contributed by atoms with E-state index in [1.54, 1.807) is 0 Å². The maximum absolute atomic E-state index is 2.74. The van der Waals surface area contributed by atoms with Crippen LogP contribution >= 0.6 is 0 Å². The molecule has 0 N–H and O–H groups in total. The molecule has 3 rings (SSSR count). The molecule has 0 unspecified atom stereocenters. The summed E-state index contributed by atoms with van der Waals surface area (Å²) in [5.41, 5.74) is 0.681. The molecule has 3 fully saturated rings. The van der Waals surface area contributed by atoms with Crippen molar-refractivity contribution in [2.75, 3.05) is 53.4 Å². The molecule has 3 aliphatic rings. The van der Waals surface area contributed by atoms with Crippen molar-refractivity contribution >= 4 is 0 Å². The van der Waals surface area contributed by atoms with Crippen LogP contribution in [-0.2, 0) is 0 Å². The van der Waals surface area contributed by atoms with Crippen LogP contribution in [0.5, 0.6) is 0 Å². The van der Waals surface area contributed by atoms with Crippen LogP contribution in [0.3, 0.4) is 0 Å². The van der Waals surface area contributed by atoms with E-state index in [0.717, 1.165) is 12.0 Å². The smallest absolute Gasteiger partial charge is 0.0237 e. The van der Waals surface area contributed by atoms with E-state index in [1.807, 2.05) is 0 Å². The number of piperidine rings is 1. The molecule has 3 aliphatic heterocycles. The van der Waals surface area contributed by atoms with Crippen LogP contribution in [-0.4, -0.2) is 74.1 Å². The van der Waals surface area contributed by atoms with E-state index in [-0.39, 0.29) is 0 Å². The molecule has 0 aromatic rings. The fraction of sp³-hybridized carbons (Fsp3) is 1.00. The molecule has 3 heterocycles. The maximum atomic E-state index is 2.74. The minimum Gasteiger partial charge on any atom is -0.306 e. The summed E-state index contributed by atoms with van der Waals surface area (Å²) in [5, 5.41) is 0. The Morgan fingerprint density at radius 3 is 2.18 bits per heavy atom. The third-order valence-corrected chi connectivity index (χ3v) is 5.45. The fourth-order valence-electron chi connectivity index (χ4n) is 4.14. The second-order valence-corrected chi connectivity index (χ2v) is 6.89. The van der Waals surface area contributed by atoms with Crippen molar-refractivity contribution in [2.45, 2.75) is 25.8 Å². The van der Waals surface area contributed by atoms with Crippen molar-refractivity contribution < 1.29 is 0 Å². The molecule has 0 aliphatic carbocycles. The minimum absolute atomic E-state index is 0.681.